The van der Waals surface area contributed by atoms with E-state index in [0.717, 1.165) is 43.6 Å². The molecule has 0 N–H and O–H groups in total. The number of hydrogen-bond donors (Lipinski definition) is 0. The molecule has 51 heavy (non-hydrogen) atoms. The van der Waals surface area contributed by atoms with Gasteiger partial charge in [-0.05, 0) is 121 Å². The highest BCUT2D eigenvalue weighted by atomic mass is 32.2. The molecule has 4 rings (SSSR count). The van der Waals surface area contributed by atoms with Gasteiger partial charge in [-0.1, -0.05) is 140 Å². The highest BCUT2D eigenvalue weighted by Gasteiger charge is 2.81. The zero-order chi connectivity index (χ0) is 36.0. The summed E-state index contributed by atoms with van der Waals surface area (Å²) < 4.78 is 14.0. The molecule has 0 aromatic heterocycles. The van der Waals surface area contributed by atoms with Crippen molar-refractivity contribution in [3.63, 3.8) is 0 Å². The normalized spacial score (nSPS) is 28.0. The molecule has 4 fully saturated rings. The van der Waals surface area contributed by atoms with Crippen LogP contribution >= 0.6 is 12.0 Å². The van der Waals surface area contributed by atoms with Crippen molar-refractivity contribution in [2.45, 2.75) is 217 Å². The summed E-state index contributed by atoms with van der Waals surface area (Å²) in [5.41, 5.74) is 0.547. The Bertz CT molecular complexity index is 985. The molecule has 0 aromatic carbocycles. The van der Waals surface area contributed by atoms with E-state index in [1.807, 2.05) is 12.0 Å². The van der Waals surface area contributed by atoms with Crippen LogP contribution in [0.2, 0.25) is 0 Å². The molecule has 1 spiro atoms. The van der Waals surface area contributed by atoms with Gasteiger partial charge < -0.3 is 9.64 Å². The molecule has 0 bridgehead atoms. The predicted octanol–water partition coefficient (Wildman–Crippen LogP) is 14.5. The van der Waals surface area contributed by atoms with Crippen molar-refractivity contribution < 1.29 is 8.92 Å². The van der Waals surface area contributed by atoms with E-state index in [-0.39, 0.29) is 5.79 Å². The van der Waals surface area contributed by atoms with E-state index in [0.29, 0.717) is 16.8 Å². The van der Waals surface area contributed by atoms with Gasteiger partial charge in [0.25, 0.3) is 0 Å². The van der Waals surface area contributed by atoms with Crippen molar-refractivity contribution in [1.29, 1.82) is 0 Å². The van der Waals surface area contributed by atoms with Crippen molar-refractivity contribution in [3.05, 3.63) is 48.6 Å². The molecule has 1 saturated heterocycles. The average molecular weight is 724 g/mol. The summed E-state index contributed by atoms with van der Waals surface area (Å²) in [5, 5.41) is 0.569. The summed E-state index contributed by atoms with van der Waals surface area (Å²) >= 11 is 1.86. The monoisotopic (exact) mass is 724 g/mol. The molecule has 3 aliphatic carbocycles. The van der Waals surface area contributed by atoms with Crippen LogP contribution in [0, 0.1) is 17.3 Å². The molecule has 6 atom stereocenters. The van der Waals surface area contributed by atoms with Gasteiger partial charge in [0.15, 0.2) is 5.79 Å². The lowest BCUT2D eigenvalue weighted by atomic mass is 9.65. The second-order valence-electron chi connectivity index (χ2n) is 17.1. The Morgan fingerprint density at radius 2 is 1.02 bits per heavy atom. The van der Waals surface area contributed by atoms with E-state index in [1.165, 1.54) is 154 Å². The molecule has 4 unspecified atom stereocenters. The van der Waals surface area contributed by atoms with Crippen LogP contribution in [0.5, 0.6) is 0 Å². The van der Waals surface area contributed by atoms with E-state index in [1.54, 1.807) is 0 Å². The third kappa shape index (κ3) is 13.8. The molecule has 0 amide bonds. The van der Waals surface area contributed by atoms with Gasteiger partial charge in [0.1, 0.15) is 0 Å². The van der Waals surface area contributed by atoms with Gasteiger partial charge in [0.2, 0.25) is 0 Å². The first-order chi connectivity index (χ1) is 25.1. The lowest BCUT2D eigenvalue weighted by Crippen LogP contribution is -2.56. The lowest BCUT2D eigenvalue weighted by Gasteiger charge is -2.52. The molecule has 3 saturated carbocycles. The van der Waals surface area contributed by atoms with Gasteiger partial charge in [-0.25, -0.2) is 0 Å². The van der Waals surface area contributed by atoms with Crippen LogP contribution in [0.15, 0.2) is 48.6 Å². The first-order valence-electron chi connectivity index (χ1n) is 22.4. The Kier molecular flexibility index (Phi) is 20.7. The SMILES string of the molecule is CCCCC/C=C\C/C=C\CCCCCCCCC1(CCCCCCCC/C=C\C/C=C\CCCCC)OSC2C3CC34C(C[C@@H]4N(C)C)[C@H]2O1. The maximum absolute atomic E-state index is 7.22. The minimum atomic E-state index is -0.350. The third-order valence-electron chi connectivity index (χ3n) is 12.8. The van der Waals surface area contributed by atoms with Gasteiger partial charge in [-0.2, -0.15) is 0 Å². The van der Waals surface area contributed by atoms with Crippen molar-refractivity contribution in [2.24, 2.45) is 17.3 Å². The van der Waals surface area contributed by atoms with Crippen LogP contribution in [-0.4, -0.2) is 42.2 Å². The fourth-order valence-corrected chi connectivity index (χ4v) is 11.0. The van der Waals surface area contributed by atoms with Crippen molar-refractivity contribution >= 4 is 12.0 Å². The van der Waals surface area contributed by atoms with Gasteiger partial charge >= 0.3 is 0 Å². The fraction of sp³-hybridized carbons (Fsp3) is 0.830. The highest BCUT2D eigenvalue weighted by Crippen LogP contribution is 2.80. The number of rotatable bonds is 31. The first-order valence-corrected chi connectivity index (χ1v) is 23.2. The van der Waals surface area contributed by atoms with Gasteiger partial charge in [-0.15, -0.1) is 0 Å². The quantitative estimate of drug-likeness (QED) is 0.0403. The highest BCUT2D eigenvalue weighted by molar-refractivity contribution is 7.95. The maximum atomic E-state index is 7.22. The summed E-state index contributed by atoms with van der Waals surface area (Å²) in [6.07, 6.45) is 55.4. The first kappa shape index (κ1) is 42.9. The molecular formula is C47H81NO2S. The topological polar surface area (TPSA) is 21.7 Å². The lowest BCUT2D eigenvalue weighted by molar-refractivity contribution is -0.245. The Hall–Kier alpha value is -0.810. The van der Waals surface area contributed by atoms with Crippen molar-refractivity contribution in [3.8, 4) is 0 Å². The van der Waals surface area contributed by atoms with Crippen LogP contribution < -0.4 is 0 Å². The van der Waals surface area contributed by atoms with Crippen LogP contribution in [-0.2, 0) is 8.92 Å². The molecule has 3 nitrogen and oxygen atoms in total. The van der Waals surface area contributed by atoms with E-state index >= 15 is 0 Å². The molecular weight excluding hydrogens is 643 g/mol. The standard InChI is InChI=1S/C47H81NO2S/c1-5-7-9-11-13-15-17-19-21-23-25-27-29-31-33-35-37-46(38-36-34-32-30-28-26-24-22-20-18-16-14-12-10-8-6-2)49-44-41-39-43(48(3)4)47(41)40-42(47)45(44)51-50-46/h13-16,19-22,41-45H,5-12,17-18,23-40H2,1-4H3/b15-13-,16-14-,21-19-,22-20-/t41?,42?,43-,44+,45?,47?/m0/s1. The minimum absolute atomic E-state index is 0.350. The predicted molar refractivity (Wildman–Crippen MR) is 224 cm³/mol. The summed E-state index contributed by atoms with van der Waals surface area (Å²) in [6.45, 7) is 4.55. The fourth-order valence-electron chi connectivity index (χ4n) is 9.68. The summed E-state index contributed by atoms with van der Waals surface area (Å²) in [5.74, 6) is 1.24. The van der Waals surface area contributed by atoms with Crippen LogP contribution in [0.4, 0.5) is 0 Å². The molecule has 0 aromatic rings. The van der Waals surface area contributed by atoms with Crippen LogP contribution in [0.3, 0.4) is 0 Å². The van der Waals surface area contributed by atoms with E-state index < -0.39 is 0 Å². The molecule has 0 radical (unpaired) electrons. The molecule has 1 heterocycles. The molecule has 1 aliphatic heterocycles. The number of nitrogens with zero attached hydrogens (tertiary/aromatic N) is 1. The Morgan fingerprint density at radius 3 is 1.49 bits per heavy atom. The summed E-state index contributed by atoms with van der Waals surface area (Å²) in [4.78, 5) is 2.50. The average Bonchev–Trinajstić information content (AvgIpc) is 3.86. The number of ether oxygens (including phenoxy) is 1. The van der Waals surface area contributed by atoms with Crippen LogP contribution in [0.1, 0.15) is 194 Å². The Morgan fingerprint density at radius 1 is 0.569 bits per heavy atom. The molecule has 4 aliphatic rings. The summed E-state index contributed by atoms with van der Waals surface area (Å²) in [6, 6.07) is 0.761. The second-order valence-corrected chi connectivity index (χ2v) is 18.0. The van der Waals surface area contributed by atoms with Crippen molar-refractivity contribution in [1.82, 2.24) is 4.90 Å². The van der Waals surface area contributed by atoms with Gasteiger partial charge in [0, 0.05) is 30.9 Å². The number of hydrogen-bond acceptors (Lipinski definition) is 4. The number of unbranched alkanes of at least 4 members (excludes halogenated alkanes) is 18. The second kappa shape index (κ2) is 24.6. The van der Waals surface area contributed by atoms with Crippen LogP contribution in [0.25, 0.3) is 0 Å². The Labute approximate surface area is 321 Å². The zero-order valence-corrected chi connectivity index (χ0v) is 34.8. The van der Waals surface area contributed by atoms with E-state index in [2.05, 4.69) is 81.5 Å². The number of fused-ring (bicyclic) bond motifs is 3. The van der Waals surface area contributed by atoms with E-state index in [9.17, 15) is 0 Å². The Balaban J connectivity index is 1.09. The van der Waals surface area contributed by atoms with Gasteiger partial charge in [0.05, 0.1) is 11.4 Å². The largest absolute Gasteiger partial charge is 0.344 e. The van der Waals surface area contributed by atoms with E-state index in [4.69, 9.17) is 8.92 Å². The van der Waals surface area contributed by atoms with Crippen molar-refractivity contribution in [2.75, 3.05) is 14.1 Å². The minimum Gasteiger partial charge on any atom is -0.344 e. The third-order valence-corrected chi connectivity index (χ3v) is 14.0. The molecule has 292 valence electrons. The smallest absolute Gasteiger partial charge is 0.181 e. The summed E-state index contributed by atoms with van der Waals surface area (Å²) in [7, 11) is 4.58. The van der Waals surface area contributed by atoms with Gasteiger partial charge in [-0.3, -0.25) is 4.18 Å². The zero-order valence-electron chi connectivity index (χ0n) is 34.0. The number of allylic oxidation sites excluding steroid dienone is 8. The molecule has 4 heteroatoms. The maximum Gasteiger partial charge on any atom is 0.181 e.